The van der Waals surface area contributed by atoms with Gasteiger partial charge < -0.3 is 20.3 Å². The number of ether oxygens (including phenoxy) is 1. The second kappa shape index (κ2) is 14.3. The number of allylic oxidation sites excluding steroid dienone is 3. The first-order valence-electron chi connectivity index (χ1n) is 12.3. The maximum Gasteiger partial charge on any atom is 0.338 e. The molecule has 0 aromatic heterocycles. The third kappa shape index (κ3) is 9.50. The maximum absolute atomic E-state index is 13.6. The van der Waals surface area contributed by atoms with Crippen molar-refractivity contribution in [2.24, 2.45) is 0 Å². The fourth-order valence-corrected chi connectivity index (χ4v) is 3.90. The number of carbonyl (C=O) groups excluding carboxylic acids is 2. The number of fused-ring (bicyclic) bond motifs is 1. The summed E-state index contributed by atoms with van der Waals surface area (Å²) in [5.74, 6) is -1.68. The first-order chi connectivity index (χ1) is 17.3. The van der Waals surface area contributed by atoms with Crippen LogP contribution in [0.1, 0.15) is 82.3 Å². The Bertz CT molecular complexity index is 1110. The monoisotopic (exact) mass is 513 g/mol. The number of rotatable bonds is 7. The number of aliphatic hydroxyl groups is 1. The number of hydrogen-bond donors (Lipinski definition) is 3. The Morgan fingerprint density at radius 3 is 2.41 bits per heavy atom. The number of aromatic hydroxyl groups is 1. The largest absolute Gasteiger partial charge is 0.508 e. The number of halogens is 1. The van der Waals surface area contributed by atoms with Gasteiger partial charge in [0.05, 0.1) is 5.56 Å². The molecule has 0 bridgehead atoms. The molecule has 3 rings (SSSR count). The smallest absolute Gasteiger partial charge is 0.338 e. The van der Waals surface area contributed by atoms with Crippen molar-refractivity contribution in [2.45, 2.75) is 78.4 Å². The van der Waals surface area contributed by atoms with E-state index in [9.17, 15) is 24.2 Å². The van der Waals surface area contributed by atoms with Gasteiger partial charge in [-0.3, -0.25) is 4.79 Å². The molecule has 2 aromatic carbocycles. The molecule has 6 nitrogen and oxygen atoms in total. The highest BCUT2D eigenvalue weighted by atomic mass is 19.1. The van der Waals surface area contributed by atoms with E-state index >= 15 is 0 Å². The minimum atomic E-state index is -1.80. The van der Waals surface area contributed by atoms with Crippen LogP contribution in [0.25, 0.3) is 0 Å². The molecule has 1 aliphatic heterocycles. The van der Waals surface area contributed by atoms with Gasteiger partial charge in [-0.1, -0.05) is 45.4 Å². The van der Waals surface area contributed by atoms with E-state index in [0.717, 1.165) is 6.07 Å². The molecule has 0 saturated heterocycles. The summed E-state index contributed by atoms with van der Waals surface area (Å²) in [4.78, 5) is 24.2. The van der Waals surface area contributed by atoms with Gasteiger partial charge in [0, 0.05) is 16.8 Å². The average Bonchev–Trinajstić information content (AvgIpc) is 3.19. The minimum Gasteiger partial charge on any atom is -0.508 e. The summed E-state index contributed by atoms with van der Waals surface area (Å²) < 4.78 is 18.5. The molecular weight excluding hydrogens is 473 g/mol. The van der Waals surface area contributed by atoms with Crippen molar-refractivity contribution in [3.05, 3.63) is 83.7 Å². The topological polar surface area (TPSA) is 95.9 Å². The highest BCUT2D eigenvalue weighted by molar-refractivity contribution is 5.98. The number of nitrogens with one attached hydrogen (secondary N) is 1. The fraction of sp³-hybridized carbons (Fsp3) is 0.400. The van der Waals surface area contributed by atoms with Crippen LogP contribution in [0.3, 0.4) is 0 Å². The van der Waals surface area contributed by atoms with Gasteiger partial charge in [0.1, 0.15) is 23.8 Å². The van der Waals surface area contributed by atoms with E-state index < -0.39 is 28.7 Å². The first-order valence-corrected chi connectivity index (χ1v) is 12.3. The number of cyclic esters (lactones) is 1. The third-order valence-electron chi connectivity index (χ3n) is 5.60. The number of phenolic OH excluding ortho intramolecular Hbond substituents is 1. The van der Waals surface area contributed by atoms with Gasteiger partial charge in [-0.05, 0) is 75.4 Å². The Balaban J connectivity index is 0.000000657. The van der Waals surface area contributed by atoms with Crippen molar-refractivity contribution in [1.82, 2.24) is 0 Å². The number of phenols is 1. The van der Waals surface area contributed by atoms with E-state index in [0.29, 0.717) is 22.4 Å². The zero-order valence-corrected chi connectivity index (χ0v) is 22.7. The van der Waals surface area contributed by atoms with Crippen molar-refractivity contribution in [3.8, 4) is 5.75 Å². The second-order valence-electron chi connectivity index (χ2n) is 9.66. The van der Waals surface area contributed by atoms with Gasteiger partial charge in [0.15, 0.2) is 0 Å². The average molecular weight is 514 g/mol. The van der Waals surface area contributed by atoms with E-state index in [2.05, 4.69) is 37.9 Å². The van der Waals surface area contributed by atoms with E-state index in [1.54, 1.807) is 38.1 Å². The molecule has 0 radical (unpaired) electrons. The predicted molar refractivity (Wildman–Crippen MR) is 146 cm³/mol. The minimum absolute atomic E-state index is 0.0601. The SMILES string of the molecule is C/C=C\CCC.C=CC.CC(O)(CC(C)(C)c1cc(F)ccc1O)C(=O)Nc1ccc2c(c1)COC2=O. The van der Waals surface area contributed by atoms with Crippen LogP contribution >= 0.6 is 0 Å². The zero-order chi connectivity index (χ0) is 28.2. The number of amides is 1. The van der Waals surface area contributed by atoms with Gasteiger partial charge >= 0.3 is 5.97 Å². The van der Waals surface area contributed by atoms with E-state index in [1.807, 2.05) is 6.92 Å². The number of benzene rings is 2. The second-order valence-corrected chi connectivity index (χ2v) is 9.66. The normalized spacial score (nSPS) is 13.8. The molecule has 1 unspecified atom stereocenters. The molecule has 3 N–H and O–H groups in total. The Morgan fingerprint density at radius 1 is 1.19 bits per heavy atom. The van der Waals surface area contributed by atoms with Crippen molar-refractivity contribution in [1.29, 1.82) is 0 Å². The lowest BCUT2D eigenvalue weighted by Gasteiger charge is -2.33. The highest BCUT2D eigenvalue weighted by Crippen LogP contribution is 2.38. The summed E-state index contributed by atoms with van der Waals surface area (Å²) in [6.07, 6.45) is 8.46. The molecule has 1 aliphatic rings. The van der Waals surface area contributed by atoms with Crippen molar-refractivity contribution in [3.63, 3.8) is 0 Å². The lowest BCUT2D eigenvalue weighted by molar-refractivity contribution is -0.134. The van der Waals surface area contributed by atoms with Crippen LogP contribution in [0.2, 0.25) is 0 Å². The van der Waals surface area contributed by atoms with Gasteiger partial charge in [-0.2, -0.15) is 0 Å². The number of esters is 1. The molecule has 1 atom stereocenters. The van der Waals surface area contributed by atoms with Crippen LogP contribution in [-0.2, 0) is 21.6 Å². The Hall–Kier alpha value is -3.45. The van der Waals surface area contributed by atoms with Crippen molar-refractivity contribution in [2.75, 3.05) is 5.32 Å². The maximum atomic E-state index is 13.6. The molecule has 0 spiro atoms. The summed E-state index contributed by atoms with van der Waals surface area (Å²) in [7, 11) is 0. The molecule has 202 valence electrons. The Morgan fingerprint density at radius 2 is 1.84 bits per heavy atom. The van der Waals surface area contributed by atoms with Crippen molar-refractivity contribution >= 4 is 17.6 Å². The standard InChI is InChI=1S/C21H22FNO5.C6H12.C3H6/c1-20(2,16-9-13(22)4-7-17(16)24)11-21(3,27)19(26)23-14-5-6-15-12(8-14)10-28-18(15)25;1-3-5-6-4-2;1-3-2/h4-9,24,27H,10-11H2,1-3H3,(H,23,26);3,5H,4,6H2,1-2H3;3H,1H2,2H3/b;5-3-;. The molecule has 37 heavy (non-hydrogen) atoms. The van der Waals surface area contributed by atoms with Gasteiger partial charge in [0.25, 0.3) is 5.91 Å². The van der Waals surface area contributed by atoms with E-state index in [1.165, 1.54) is 31.9 Å². The molecule has 0 fully saturated rings. The molecule has 2 aromatic rings. The van der Waals surface area contributed by atoms with Crippen LogP contribution < -0.4 is 5.32 Å². The Kier molecular flexibility index (Phi) is 12.2. The number of anilines is 1. The van der Waals surface area contributed by atoms with E-state index in [-0.39, 0.29) is 18.8 Å². The lowest BCUT2D eigenvalue weighted by atomic mass is 9.75. The summed E-state index contributed by atoms with van der Waals surface area (Å²) in [5.41, 5.74) is -0.846. The summed E-state index contributed by atoms with van der Waals surface area (Å²) in [6.45, 7) is 14.4. The van der Waals surface area contributed by atoms with Crippen molar-refractivity contribution < 1.29 is 28.9 Å². The molecule has 0 saturated carbocycles. The highest BCUT2D eigenvalue weighted by Gasteiger charge is 2.39. The summed E-state index contributed by atoms with van der Waals surface area (Å²) in [5, 5.41) is 23.5. The lowest BCUT2D eigenvalue weighted by Crippen LogP contribution is -2.44. The van der Waals surface area contributed by atoms with Crippen LogP contribution in [0.15, 0.2) is 61.2 Å². The van der Waals surface area contributed by atoms with Crippen LogP contribution in [0, 0.1) is 5.82 Å². The fourth-order valence-electron chi connectivity index (χ4n) is 3.90. The quantitative estimate of drug-likeness (QED) is 0.279. The Labute approximate surface area is 219 Å². The predicted octanol–water partition coefficient (Wildman–Crippen LogP) is 6.81. The number of carbonyl (C=O) groups is 2. The summed E-state index contributed by atoms with van der Waals surface area (Å²) in [6, 6.07) is 8.32. The van der Waals surface area contributed by atoms with Crippen LogP contribution in [-0.4, -0.2) is 27.7 Å². The van der Waals surface area contributed by atoms with Crippen LogP contribution in [0.5, 0.6) is 5.75 Å². The van der Waals surface area contributed by atoms with Crippen LogP contribution in [0.4, 0.5) is 10.1 Å². The van der Waals surface area contributed by atoms with E-state index in [4.69, 9.17) is 4.74 Å². The van der Waals surface area contributed by atoms with Gasteiger partial charge in [-0.25, -0.2) is 9.18 Å². The van der Waals surface area contributed by atoms with Gasteiger partial charge in [0.2, 0.25) is 0 Å². The molecule has 0 aliphatic carbocycles. The zero-order valence-electron chi connectivity index (χ0n) is 22.7. The molecule has 1 heterocycles. The molecular formula is C30H40FNO5. The van der Waals surface area contributed by atoms with Gasteiger partial charge in [-0.15, -0.1) is 6.58 Å². The summed E-state index contributed by atoms with van der Waals surface area (Å²) >= 11 is 0. The first kappa shape index (κ1) is 31.6. The number of hydrogen-bond acceptors (Lipinski definition) is 5. The number of unbranched alkanes of at least 4 members (excludes halogenated alkanes) is 1. The molecule has 7 heteroatoms. The third-order valence-corrected chi connectivity index (χ3v) is 5.60. The molecule has 1 amide bonds.